The summed E-state index contributed by atoms with van der Waals surface area (Å²) >= 11 is 30.5. The van der Waals surface area contributed by atoms with Crippen molar-refractivity contribution in [1.29, 1.82) is 5.26 Å². The van der Waals surface area contributed by atoms with E-state index in [1.807, 2.05) is 6.07 Å². The average Bonchev–Trinajstić information content (AvgIpc) is 2.93. The lowest BCUT2D eigenvalue weighted by Gasteiger charge is -2.10. The molecule has 202 valence electrons. The van der Waals surface area contributed by atoms with E-state index in [-0.39, 0.29) is 18.8 Å². The summed E-state index contributed by atoms with van der Waals surface area (Å²) in [5.41, 5.74) is 2.57. The Balaban J connectivity index is 1.35. The number of nitrogens with zero attached hydrogens (tertiary/aromatic N) is 1. The lowest BCUT2D eigenvalue weighted by molar-refractivity contribution is -0.112. The molecular formula is C30H19Cl5N2O3. The molecule has 0 fully saturated rings. The normalized spacial score (nSPS) is 11.1. The van der Waals surface area contributed by atoms with Crippen LogP contribution in [-0.2, 0) is 18.0 Å². The molecule has 0 radical (unpaired) electrons. The number of nitrogens with one attached hydrogen (secondary N) is 1. The molecule has 0 heterocycles. The summed E-state index contributed by atoms with van der Waals surface area (Å²) in [7, 11) is 0. The fraction of sp³-hybridized carbons (Fsp3) is 0.0667. The Labute approximate surface area is 256 Å². The van der Waals surface area contributed by atoms with Crippen LogP contribution in [0.5, 0.6) is 11.5 Å². The molecule has 5 nitrogen and oxygen atoms in total. The van der Waals surface area contributed by atoms with Gasteiger partial charge >= 0.3 is 0 Å². The second-order valence-corrected chi connectivity index (χ2v) is 10.5. The van der Waals surface area contributed by atoms with E-state index >= 15 is 0 Å². The molecule has 0 unspecified atom stereocenters. The first-order valence-corrected chi connectivity index (χ1v) is 13.6. The van der Waals surface area contributed by atoms with E-state index in [2.05, 4.69) is 5.32 Å². The van der Waals surface area contributed by atoms with Gasteiger partial charge in [0.1, 0.15) is 36.4 Å². The average molecular weight is 633 g/mol. The lowest BCUT2D eigenvalue weighted by atomic mass is 10.1. The number of carbonyl (C=O) groups excluding carboxylic acids is 1. The van der Waals surface area contributed by atoms with Crippen molar-refractivity contribution in [2.45, 2.75) is 13.2 Å². The van der Waals surface area contributed by atoms with Gasteiger partial charge in [-0.1, -0.05) is 76.2 Å². The summed E-state index contributed by atoms with van der Waals surface area (Å²) in [6, 6.07) is 24.0. The van der Waals surface area contributed by atoms with Crippen LogP contribution in [0.1, 0.15) is 16.7 Å². The molecule has 40 heavy (non-hydrogen) atoms. The number of benzene rings is 4. The topological polar surface area (TPSA) is 71.3 Å². The van der Waals surface area contributed by atoms with Crippen molar-refractivity contribution in [3.8, 4) is 17.6 Å². The largest absolute Gasteiger partial charge is 0.489 e. The molecule has 4 aromatic rings. The van der Waals surface area contributed by atoms with Gasteiger partial charge in [0.05, 0.1) is 15.1 Å². The molecule has 1 N–H and O–H groups in total. The van der Waals surface area contributed by atoms with Gasteiger partial charge in [0.15, 0.2) is 0 Å². The van der Waals surface area contributed by atoms with Crippen molar-refractivity contribution in [2.75, 3.05) is 5.32 Å². The quantitative estimate of drug-likeness (QED) is 0.147. The number of nitriles is 1. The zero-order valence-corrected chi connectivity index (χ0v) is 24.3. The van der Waals surface area contributed by atoms with Gasteiger partial charge in [-0.2, -0.15) is 5.26 Å². The van der Waals surface area contributed by atoms with Crippen molar-refractivity contribution in [3.05, 3.63) is 126 Å². The Bertz CT molecular complexity index is 1620. The Morgan fingerprint density at radius 2 is 1.55 bits per heavy atom. The van der Waals surface area contributed by atoms with Crippen molar-refractivity contribution < 1.29 is 14.3 Å². The fourth-order valence-electron chi connectivity index (χ4n) is 3.46. The molecular weight excluding hydrogens is 614 g/mol. The highest BCUT2D eigenvalue weighted by Crippen LogP contribution is 2.29. The Morgan fingerprint density at radius 3 is 2.23 bits per heavy atom. The molecule has 0 atom stereocenters. The van der Waals surface area contributed by atoms with Crippen LogP contribution < -0.4 is 14.8 Å². The highest BCUT2D eigenvalue weighted by Gasteiger charge is 2.12. The van der Waals surface area contributed by atoms with Crippen LogP contribution in [-0.4, -0.2) is 5.91 Å². The monoisotopic (exact) mass is 630 g/mol. The summed E-state index contributed by atoms with van der Waals surface area (Å²) in [5, 5.41) is 14.6. The number of rotatable bonds is 9. The molecule has 10 heteroatoms. The smallest absolute Gasteiger partial charge is 0.266 e. The van der Waals surface area contributed by atoms with Crippen molar-refractivity contribution in [2.24, 2.45) is 0 Å². The number of halogens is 5. The maximum absolute atomic E-state index is 12.7. The number of hydrogen-bond acceptors (Lipinski definition) is 4. The Morgan fingerprint density at radius 1 is 0.775 bits per heavy atom. The molecule has 4 rings (SSSR count). The zero-order valence-electron chi connectivity index (χ0n) is 20.6. The van der Waals surface area contributed by atoms with Gasteiger partial charge in [0.2, 0.25) is 0 Å². The number of hydrogen-bond donors (Lipinski definition) is 1. The summed E-state index contributed by atoms with van der Waals surface area (Å²) in [6.45, 7) is 0.487. The molecule has 0 aliphatic rings. The summed E-state index contributed by atoms with van der Waals surface area (Å²) in [5.74, 6) is 0.449. The first-order chi connectivity index (χ1) is 19.2. The van der Waals surface area contributed by atoms with Gasteiger partial charge < -0.3 is 14.8 Å². The third-order valence-electron chi connectivity index (χ3n) is 5.53. The molecule has 0 saturated heterocycles. The summed E-state index contributed by atoms with van der Waals surface area (Å²) in [4.78, 5) is 12.7. The number of anilines is 1. The van der Waals surface area contributed by atoms with Gasteiger partial charge in [-0.3, -0.25) is 4.79 Å². The highest BCUT2D eigenvalue weighted by molar-refractivity contribution is 6.42. The molecule has 0 aliphatic carbocycles. The van der Waals surface area contributed by atoms with E-state index < -0.39 is 5.91 Å². The first kappa shape index (κ1) is 29.6. The van der Waals surface area contributed by atoms with Gasteiger partial charge in [0.25, 0.3) is 5.91 Å². The minimum atomic E-state index is -0.569. The van der Waals surface area contributed by atoms with Gasteiger partial charge in [-0.05, 0) is 77.9 Å². The van der Waals surface area contributed by atoms with E-state index in [1.165, 1.54) is 6.08 Å². The number of ether oxygens (including phenoxy) is 2. The van der Waals surface area contributed by atoms with Crippen molar-refractivity contribution in [3.63, 3.8) is 0 Å². The van der Waals surface area contributed by atoms with E-state index in [9.17, 15) is 10.1 Å². The van der Waals surface area contributed by atoms with Gasteiger partial charge in [-0.25, -0.2) is 0 Å². The van der Waals surface area contributed by atoms with E-state index in [1.54, 1.807) is 78.9 Å². The van der Waals surface area contributed by atoms with Crippen LogP contribution in [0, 0.1) is 11.3 Å². The summed E-state index contributed by atoms with van der Waals surface area (Å²) in [6.07, 6.45) is 1.44. The maximum Gasteiger partial charge on any atom is 0.266 e. The molecule has 0 bridgehead atoms. The van der Waals surface area contributed by atoms with Gasteiger partial charge in [-0.15, -0.1) is 0 Å². The zero-order chi connectivity index (χ0) is 28.6. The van der Waals surface area contributed by atoms with Crippen molar-refractivity contribution in [1.82, 2.24) is 0 Å². The second-order valence-electron chi connectivity index (χ2n) is 8.40. The van der Waals surface area contributed by atoms with Crippen molar-refractivity contribution >= 4 is 75.7 Å². The van der Waals surface area contributed by atoms with Crippen LogP contribution in [0.25, 0.3) is 6.08 Å². The van der Waals surface area contributed by atoms with E-state index in [4.69, 9.17) is 67.5 Å². The maximum atomic E-state index is 12.7. The molecule has 4 aromatic carbocycles. The van der Waals surface area contributed by atoms with Gasteiger partial charge in [0, 0.05) is 21.3 Å². The Hall–Kier alpha value is -3.37. The van der Waals surface area contributed by atoms with E-state index in [0.717, 1.165) is 11.1 Å². The standard InChI is InChI=1S/C30H19Cl5N2O3/c31-22-4-3-20(26(33)14-22)17-39-24-7-5-23(6-8-24)37-30(38)21(15-36)11-18-2-10-29(28(35)12-18)40-16-19-1-9-25(32)27(34)13-19/h1-14H,16-17H2,(H,37,38)/b21-11+. The van der Waals surface area contributed by atoms with E-state index in [0.29, 0.717) is 47.9 Å². The predicted molar refractivity (Wildman–Crippen MR) is 162 cm³/mol. The van der Waals surface area contributed by atoms with Crippen LogP contribution in [0.2, 0.25) is 25.1 Å². The molecule has 0 aromatic heterocycles. The lowest BCUT2D eigenvalue weighted by Crippen LogP contribution is -2.13. The minimum absolute atomic E-state index is 0.0988. The third kappa shape index (κ3) is 8.08. The third-order valence-corrected chi connectivity index (χ3v) is 7.15. The Kier molecular flexibility index (Phi) is 10.2. The highest BCUT2D eigenvalue weighted by atomic mass is 35.5. The molecule has 0 spiro atoms. The fourth-order valence-corrected chi connectivity index (χ4v) is 4.49. The predicted octanol–water partition coefficient (Wildman–Crippen LogP) is 9.66. The molecule has 0 aliphatic heterocycles. The first-order valence-electron chi connectivity index (χ1n) is 11.7. The van der Waals surface area contributed by atoms with Crippen LogP contribution >= 0.6 is 58.0 Å². The minimum Gasteiger partial charge on any atom is -0.489 e. The van der Waals surface area contributed by atoms with Crippen LogP contribution in [0.15, 0.2) is 84.4 Å². The summed E-state index contributed by atoms with van der Waals surface area (Å²) < 4.78 is 11.5. The number of carbonyl (C=O) groups is 1. The second kappa shape index (κ2) is 13.8. The number of amides is 1. The van der Waals surface area contributed by atoms with Crippen LogP contribution in [0.4, 0.5) is 5.69 Å². The molecule has 0 saturated carbocycles. The SMILES string of the molecule is N#C/C(=C\c1ccc(OCc2ccc(Cl)c(Cl)c2)c(Cl)c1)C(=O)Nc1ccc(OCc2ccc(Cl)cc2Cl)cc1. The molecule has 1 amide bonds. The van der Waals surface area contributed by atoms with Crippen LogP contribution in [0.3, 0.4) is 0 Å².